The first-order valence-electron chi connectivity index (χ1n) is 8.33. The van der Waals surface area contributed by atoms with Gasteiger partial charge in [0.15, 0.2) is 11.5 Å². The Hall–Kier alpha value is -1.78. The lowest BCUT2D eigenvalue weighted by atomic mass is 10.1. The Morgan fingerprint density at radius 3 is 2.92 bits per heavy atom. The molecule has 0 radical (unpaired) electrons. The van der Waals surface area contributed by atoms with E-state index < -0.39 is 0 Å². The number of pyridine rings is 1. The zero-order valence-corrected chi connectivity index (χ0v) is 14.9. The van der Waals surface area contributed by atoms with Gasteiger partial charge in [0, 0.05) is 31.4 Å². The normalized spacial score (nSPS) is 15.2. The number of aromatic nitrogens is 1. The van der Waals surface area contributed by atoms with Crippen LogP contribution >= 0.6 is 11.6 Å². The predicted molar refractivity (Wildman–Crippen MR) is 96.0 cm³/mol. The molecule has 1 aromatic carbocycles. The van der Waals surface area contributed by atoms with Gasteiger partial charge in [-0.25, -0.2) is 0 Å². The van der Waals surface area contributed by atoms with Gasteiger partial charge < -0.3 is 9.47 Å². The summed E-state index contributed by atoms with van der Waals surface area (Å²) in [6, 6.07) is 8.43. The minimum Gasteiger partial charge on any atom is -0.489 e. The molecule has 1 unspecified atom stereocenters. The quantitative estimate of drug-likeness (QED) is 0.815. The van der Waals surface area contributed by atoms with Crippen molar-refractivity contribution in [1.82, 2.24) is 9.88 Å². The molecule has 1 aromatic heterocycles. The molecule has 128 valence electrons. The average Bonchev–Trinajstić information content (AvgIpc) is 2.85. The van der Waals surface area contributed by atoms with E-state index in [1.54, 1.807) is 6.20 Å². The first-order chi connectivity index (χ1) is 11.6. The lowest BCUT2D eigenvalue weighted by Gasteiger charge is -2.25. The van der Waals surface area contributed by atoms with E-state index in [1.165, 1.54) is 5.56 Å². The van der Waals surface area contributed by atoms with Crippen molar-refractivity contribution >= 4 is 11.6 Å². The minimum absolute atomic E-state index is 0.314. The fourth-order valence-electron chi connectivity index (χ4n) is 2.81. The molecule has 24 heavy (non-hydrogen) atoms. The van der Waals surface area contributed by atoms with E-state index in [-0.39, 0.29) is 0 Å². The van der Waals surface area contributed by atoms with E-state index in [4.69, 9.17) is 21.1 Å². The molecule has 0 aliphatic carbocycles. The molecule has 1 atom stereocenters. The van der Waals surface area contributed by atoms with Crippen LogP contribution in [0.25, 0.3) is 0 Å². The van der Waals surface area contributed by atoms with Crippen molar-refractivity contribution in [2.75, 3.05) is 26.8 Å². The smallest absolute Gasteiger partial charge is 0.179 e. The Morgan fingerprint density at radius 2 is 2.12 bits per heavy atom. The maximum Gasteiger partial charge on any atom is 0.179 e. The summed E-state index contributed by atoms with van der Waals surface area (Å²) in [6.45, 7) is 4.44. The summed E-state index contributed by atoms with van der Waals surface area (Å²) in [5, 5.41) is 0.632. The van der Waals surface area contributed by atoms with E-state index in [0.29, 0.717) is 30.0 Å². The molecule has 2 aromatic rings. The van der Waals surface area contributed by atoms with Gasteiger partial charge in [-0.1, -0.05) is 17.7 Å². The highest BCUT2D eigenvalue weighted by atomic mass is 35.5. The van der Waals surface area contributed by atoms with Crippen LogP contribution in [0.15, 0.2) is 36.7 Å². The molecular weight excluding hydrogens is 324 g/mol. The molecule has 1 aliphatic rings. The standard InChI is InChI=1S/C19H23ClN2O2/c1-14(16-5-3-7-21-13-16)22(2)8-6-15-11-17(20)19-18(12-15)23-9-4-10-24-19/h3,5,7,11-14H,4,6,8-10H2,1-2H3. The van der Waals surface area contributed by atoms with Crippen molar-refractivity contribution in [3.05, 3.63) is 52.8 Å². The number of hydrogen-bond donors (Lipinski definition) is 0. The van der Waals surface area contributed by atoms with Crippen LogP contribution in [-0.4, -0.2) is 36.7 Å². The molecule has 1 aliphatic heterocycles. The number of benzene rings is 1. The van der Waals surface area contributed by atoms with Crippen molar-refractivity contribution in [2.45, 2.75) is 25.8 Å². The number of likely N-dealkylation sites (N-methyl/N-ethyl adjacent to an activating group) is 1. The highest BCUT2D eigenvalue weighted by Gasteiger charge is 2.17. The van der Waals surface area contributed by atoms with Crippen molar-refractivity contribution in [3.8, 4) is 11.5 Å². The van der Waals surface area contributed by atoms with Gasteiger partial charge in [-0.05, 0) is 49.7 Å². The van der Waals surface area contributed by atoms with Crippen LogP contribution in [0.5, 0.6) is 11.5 Å². The lowest BCUT2D eigenvalue weighted by Crippen LogP contribution is -2.25. The Bertz CT molecular complexity index is 679. The van der Waals surface area contributed by atoms with Crippen LogP contribution < -0.4 is 9.47 Å². The first kappa shape index (κ1) is 17.1. The van der Waals surface area contributed by atoms with Gasteiger partial charge in [0.05, 0.1) is 18.2 Å². The summed E-state index contributed by atoms with van der Waals surface area (Å²) in [6.07, 6.45) is 5.50. The Morgan fingerprint density at radius 1 is 1.29 bits per heavy atom. The second kappa shape index (κ2) is 7.86. The number of nitrogens with zero attached hydrogens (tertiary/aromatic N) is 2. The van der Waals surface area contributed by atoms with Gasteiger partial charge in [-0.15, -0.1) is 0 Å². The molecule has 0 saturated heterocycles. The van der Waals surface area contributed by atoms with Crippen molar-refractivity contribution in [1.29, 1.82) is 0 Å². The van der Waals surface area contributed by atoms with E-state index in [9.17, 15) is 0 Å². The second-order valence-electron chi connectivity index (χ2n) is 6.15. The van der Waals surface area contributed by atoms with Crippen molar-refractivity contribution in [2.24, 2.45) is 0 Å². The van der Waals surface area contributed by atoms with E-state index in [2.05, 4.69) is 36.0 Å². The molecule has 0 bridgehead atoms. The molecule has 0 amide bonds. The van der Waals surface area contributed by atoms with Gasteiger partial charge in [-0.3, -0.25) is 9.88 Å². The number of rotatable bonds is 5. The Labute approximate surface area is 148 Å². The zero-order valence-electron chi connectivity index (χ0n) is 14.2. The molecule has 5 heteroatoms. The summed E-state index contributed by atoms with van der Waals surface area (Å²) < 4.78 is 11.4. The van der Waals surface area contributed by atoms with Crippen LogP contribution in [0.4, 0.5) is 0 Å². The van der Waals surface area contributed by atoms with Gasteiger partial charge in [0.25, 0.3) is 0 Å². The number of fused-ring (bicyclic) bond motifs is 1. The Balaban J connectivity index is 1.66. The highest BCUT2D eigenvalue weighted by Crippen LogP contribution is 2.38. The van der Waals surface area contributed by atoms with Crippen LogP contribution in [-0.2, 0) is 6.42 Å². The van der Waals surface area contributed by atoms with Gasteiger partial charge in [0.1, 0.15) is 0 Å². The summed E-state index contributed by atoms with van der Waals surface area (Å²) in [5.74, 6) is 1.44. The summed E-state index contributed by atoms with van der Waals surface area (Å²) in [5.41, 5.74) is 2.38. The monoisotopic (exact) mass is 346 g/mol. The second-order valence-corrected chi connectivity index (χ2v) is 6.56. The summed E-state index contributed by atoms with van der Waals surface area (Å²) in [7, 11) is 2.13. The van der Waals surface area contributed by atoms with Crippen LogP contribution in [0.1, 0.15) is 30.5 Å². The van der Waals surface area contributed by atoms with Gasteiger partial charge in [-0.2, -0.15) is 0 Å². The third-order valence-corrected chi connectivity index (χ3v) is 4.72. The number of hydrogen-bond acceptors (Lipinski definition) is 4. The largest absolute Gasteiger partial charge is 0.489 e. The first-order valence-corrected chi connectivity index (χ1v) is 8.71. The van der Waals surface area contributed by atoms with Crippen molar-refractivity contribution in [3.63, 3.8) is 0 Å². The summed E-state index contributed by atoms with van der Waals surface area (Å²) >= 11 is 6.37. The van der Waals surface area contributed by atoms with E-state index in [0.717, 1.165) is 30.7 Å². The fourth-order valence-corrected chi connectivity index (χ4v) is 3.09. The fraction of sp³-hybridized carbons (Fsp3) is 0.421. The SMILES string of the molecule is CC(c1cccnc1)N(C)CCc1cc(Cl)c2c(c1)OCCCO2. The Kier molecular flexibility index (Phi) is 5.59. The third kappa shape index (κ3) is 4.00. The zero-order chi connectivity index (χ0) is 16.9. The molecular formula is C19H23ClN2O2. The minimum atomic E-state index is 0.314. The van der Waals surface area contributed by atoms with Gasteiger partial charge in [0.2, 0.25) is 0 Å². The maximum atomic E-state index is 6.37. The van der Waals surface area contributed by atoms with E-state index in [1.807, 2.05) is 18.3 Å². The topological polar surface area (TPSA) is 34.6 Å². The third-order valence-electron chi connectivity index (χ3n) is 4.44. The maximum absolute atomic E-state index is 6.37. The van der Waals surface area contributed by atoms with Crippen LogP contribution in [0.3, 0.4) is 0 Å². The highest BCUT2D eigenvalue weighted by molar-refractivity contribution is 6.32. The van der Waals surface area contributed by atoms with Crippen LogP contribution in [0.2, 0.25) is 5.02 Å². The van der Waals surface area contributed by atoms with Crippen molar-refractivity contribution < 1.29 is 9.47 Å². The molecule has 4 nitrogen and oxygen atoms in total. The molecule has 0 N–H and O–H groups in total. The van der Waals surface area contributed by atoms with Crippen LogP contribution in [0, 0.1) is 0 Å². The molecule has 0 fully saturated rings. The number of ether oxygens (including phenoxy) is 2. The van der Waals surface area contributed by atoms with Gasteiger partial charge >= 0.3 is 0 Å². The average molecular weight is 347 g/mol. The molecule has 3 rings (SSSR count). The van der Waals surface area contributed by atoms with E-state index >= 15 is 0 Å². The molecule has 0 saturated carbocycles. The molecule has 2 heterocycles. The number of halogens is 1. The molecule has 0 spiro atoms. The lowest BCUT2D eigenvalue weighted by molar-refractivity contribution is 0.264. The summed E-state index contributed by atoms with van der Waals surface area (Å²) in [4.78, 5) is 6.51. The predicted octanol–water partition coefficient (Wildman–Crippen LogP) is 4.13.